The molecule has 3 aliphatic rings. The number of benzene rings is 19. The molecule has 3 aliphatic carbocycles. The number of para-hydroxylation sites is 4. The maximum absolute atomic E-state index is 6.45. The monoisotopic (exact) mass is 1890 g/mol. The Bertz CT molecular complexity index is 9620. The molecular weight excluding hydrogens is 1800 g/mol. The molecule has 146 heavy (non-hydrogen) atoms. The normalized spacial score (nSPS) is 13.3. The molecule has 13 nitrogen and oxygen atoms in total. The summed E-state index contributed by atoms with van der Waals surface area (Å²) in [7, 11) is 0. The van der Waals surface area contributed by atoms with Gasteiger partial charge < -0.3 is 8.98 Å². The molecular formula is C132H90N12OS. The fourth-order valence-electron chi connectivity index (χ4n) is 23.2. The molecule has 8 heterocycles. The highest BCUT2D eigenvalue weighted by molar-refractivity contribution is 7.26. The first-order valence-corrected chi connectivity index (χ1v) is 50.5. The summed E-state index contributed by atoms with van der Waals surface area (Å²) in [5.41, 5.74) is 33.8. The Morgan fingerprint density at radius 2 is 0.541 bits per heavy atom. The predicted molar refractivity (Wildman–Crippen MR) is 599 cm³/mol. The van der Waals surface area contributed by atoms with E-state index in [0.29, 0.717) is 52.7 Å². The average Bonchev–Trinajstić information content (AvgIpc) is 1.55. The largest absolute Gasteiger partial charge is 0.455 e. The van der Waals surface area contributed by atoms with Crippen LogP contribution in [0.3, 0.4) is 0 Å². The fourth-order valence-corrected chi connectivity index (χ4v) is 24.4. The van der Waals surface area contributed by atoms with Crippen molar-refractivity contribution in [2.75, 3.05) is 0 Å². The van der Waals surface area contributed by atoms with Gasteiger partial charge in [0.05, 0.1) is 38.7 Å². The zero-order valence-corrected chi connectivity index (χ0v) is 81.6. The molecule has 30 rings (SSSR count). The molecule has 0 aliphatic heterocycles. The molecule has 27 aromatic rings. The lowest BCUT2D eigenvalue weighted by Crippen LogP contribution is -2.15. The van der Waals surface area contributed by atoms with E-state index in [0.717, 1.165) is 99.5 Å². The van der Waals surface area contributed by atoms with Crippen LogP contribution in [0.25, 0.3) is 249 Å². The molecule has 0 saturated heterocycles. The topological polar surface area (TPSA) is 144 Å². The Morgan fingerprint density at radius 3 is 1.04 bits per heavy atom. The number of hydrogen-bond acceptors (Lipinski definition) is 11. The maximum atomic E-state index is 6.45. The summed E-state index contributed by atoms with van der Waals surface area (Å²) in [5, 5.41) is 11.8. The molecule has 19 aromatic carbocycles. The van der Waals surface area contributed by atoms with Gasteiger partial charge in [-0.15, -0.1) is 11.3 Å². The quantitative estimate of drug-likeness (QED) is 0.123. The molecule has 0 spiro atoms. The van der Waals surface area contributed by atoms with Gasteiger partial charge in [0.2, 0.25) is 11.9 Å². The lowest BCUT2D eigenvalue weighted by molar-refractivity contribution is 0.660. The smallest absolute Gasteiger partial charge is 0.238 e. The molecule has 0 N–H and O–H groups in total. The van der Waals surface area contributed by atoms with Crippen molar-refractivity contribution in [2.45, 2.75) is 57.8 Å². The van der Waals surface area contributed by atoms with Crippen molar-refractivity contribution in [1.29, 1.82) is 0 Å². The summed E-state index contributed by atoms with van der Waals surface area (Å²) in [6.07, 6.45) is 0. The van der Waals surface area contributed by atoms with Gasteiger partial charge >= 0.3 is 0 Å². The third-order valence-corrected chi connectivity index (χ3v) is 31.6. The summed E-state index contributed by atoms with van der Waals surface area (Å²) < 4.78 is 15.8. The number of aromatic nitrogens is 12. The molecule has 0 atom stereocenters. The van der Waals surface area contributed by atoms with Gasteiger partial charge in [-0.1, -0.05) is 387 Å². The van der Waals surface area contributed by atoms with E-state index in [1.807, 2.05) is 133 Å². The molecule has 0 unspecified atom stereocenters. The Hall–Kier alpha value is -18.4. The number of thiophene rings is 1. The van der Waals surface area contributed by atoms with Crippen LogP contribution in [-0.2, 0) is 16.2 Å². The zero-order valence-electron chi connectivity index (χ0n) is 80.8. The van der Waals surface area contributed by atoms with Crippen molar-refractivity contribution < 1.29 is 4.42 Å². The molecule has 0 bridgehead atoms. The van der Waals surface area contributed by atoms with E-state index in [1.54, 1.807) is 11.3 Å². The van der Waals surface area contributed by atoms with Crippen LogP contribution in [0.4, 0.5) is 0 Å². The van der Waals surface area contributed by atoms with Crippen LogP contribution in [0.1, 0.15) is 74.9 Å². The lowest BCUT2D eigenvalue weighted by atomic mass is 9.82. The predicted octanol–water partition coefficient (Wildman–Crippen LogP) is 33.4. The van der Waals surface area contributed by atoms with Crippen LogP contribution in [-0.4, -0.2) is 58.6 Å². The van der Waals surface area contributed by atoms with Crippen molar-refractivity contribution in [2.24, 2.45) is 0 Å². The van der Waals surface area contributed by atoms with E-state index in [1.165, 1.54) is 131 Å². The van der Waals surface area contributed by atoms with Crippen molar-refractivity contribution in [3.05, 3.63) is 470 Å². The van der Waals surface area contributed by atoms with Gasteiger partial charge in [-0.25, -0.2) is 24.9 Å². The van der Waals surface area contributed by atoms with Gasteiger partial charge in [0.1, 0.15) is 11.2 Å². The third-order valence-electron chi connectivity index (χ3n) is 30.4. The summed E-state index contributed by atoms with van der Waals surface area (Å²) in [6, 6.07) is 154. The summed E-state index contributed by atoms with van der Waals surface area (Å²) >= 11 is 1.79. The van der Waals surface area contributed by atoms with Crippen molar-refractivity contribution in [3.63, 3.8) is 0 Å². The van der Waals surface area contributed by atoms with E-state index >= 15 is 0 Å². The van der Waals surface area contributed by atoms with Crippen LogP contribution in [0.5, 0.6) is 0 Å². The molecule has 8 aromatic heterocycles. The third kappa shape index (κ3) is 13.7. The maximum Gasteiger partial charge on any atom is 0.238 e. The molecule has 0 fully saturated rings. The van der Waals surface area contributed by atoms with E-state index in [9.17, 15) is 0 Å². The van der Waals surface area contributed by atoms with Crippen LogP contribution >= 0.6 is 11.3 Å². The minimum absolute atomic E-state index is 0.120. The van der Waals surface area contributed by atoms with Crippen molar-refractivity contribution in [3.8, 4) is 142 Å². The number of nitrogens with zero attached hydrogens (tertiary/aromatic N) is 12. The van der Waals surface area contributed by atoms with Crippen LogP contribution in [0.15, 0.2) is 441 Å². The molecule has 0 radical (unpaired) electrons. The van der Waals surface area contributed by atoms with Gasteiger partial charge in [-0.05, 0) is 169 Å². The SMILES string of the molecule is CC1(C)c2ccccc2-c2cc3c4ccc(-c5ccccc5)cc4n(-c4cccc(-c5nc(-c6ccccc6)nc(-c6ccccc6)n5)c4)c3cc21.CC1(C)c2ccccc2-c2cc3c4ccccc4n(-c4nc(-c5ccccc5)nc(-c5cccc6c5oc5ccccc56)n4)c3cc21.CC1(C)c2ccccc2-c2cc3c4ccccc4n(-c4nc(-c5ccccc5)nc(-c5cccc6c5sc5ccccc56)n4)c3cc21. The second-order valence-electron chi connectivity index (χ2n) is 39.8. The second kappa shape index (κ2) is 33.4. The first-order valence-electron chi connectivity index (χ1n) is 49.7. The van der Waals surface area contributed by atoms with Crippen molar-refractivity contribution in [1.82, 2.24) is 58.6 Å². The first kappa shape index (κ1) is 85.6. The Balaban J connectivity index is 0.000000106. The van der Waals surface area contributed by atoms with Crippen LogP contribution in [0, 0.1) is 0 Å². The van der Waals surface area contributed by atoms with Gasteiger partial charge in [0.15, 0.2) is 40.8 Å². The van der Waals surface area contributed by atoms with Crippen LogP contribution < -0.4 is 0 Å². The average molecular weight is 1890 g/mol. The van der Waals surface area contributed by atoms with Crippen LogP contribution in [0.2, 0.25) is 0 Å². The Morgan fingerprint density at radius 1 is 0.199 bits per heavy atom. The van der Waals surface area contributed by atoms with E-state index in [2.05, 4.69) is 359 Å². The number of fused-ring (bicyclic) bond motifs is 24. The van der Waals surface area contributed by atoms with E-state index in [4.69, 9.17) is 49.3 Å². The van der Waals surface area contributed by atoms with E-state index in [-0.39, 0.29) is 16.2 Å². The Labute approximate surface area is 845 Å². The zero-order chi connectivity index (χ0) is 97.4. The standard InChI is InChI=1S/C48H34N4.C42H28N4O.C42H28N4S/c1-48(2)41-24-13-12-23-37(41)39-29-40-38-26-25-34(31-15-6-3-7-16-31)28-43(38)52(44(40)30-42(39)48)36-22-14-21-35(27-36)47-50-45(32-17-8-4-9-18-32)49-46(51-47)33-19-10-5-11-20-33;2*1-42(2)33-20-9-6-15-26(33)31-23-32-27-16-7-10-21-35(27)46(36(32)24-34(31)42)41-44-39(25-13-4-3-5-14-25)43-40(45-41)30-19-12-18-29-28-17-8-11-22-37(28)47-38(29)30/h3-30H,1-2H3;2*3-24H,1-2H3. The molecule has 14 heteroatoms. The van der Waals surface area contributed by atoms with E-state index < -0.39 is 0 Å². The van der Waals surface area contributed by atoms with Gasteiger partial charge in [0, 0.05) is 119 Å². The highest BCUT2D eigenvalue weighted by Crippen LogP contribution is 2.56. The highest BCUT2D eigenvalue weighted by atomic mass is 32.1. The highest BCUT2D eigenvalue weighted by Gasteiger charge is 2.41. The van der Waals surface area contributed by atoms with Gasteiger partial charge in [0.25, 0.3) is 0 Å². The summed E-state index contributed by atoms with van der Waals surface area (Å²) in [4.78, 5) is 46.2. The summed E-state index contributed by atoms with van der Waals surface area (Å²) in [6.45, 7) is 14.0. The molecule has 690 valence electrons. The first-order chi connectivity index (χ1) is 71.6. The van der Waals surface area contributed by atoms with Gasteiger partial charge in [-0.2, -0.15) is 19.9 Å². The summed E-state index contributed by atoms with van der Waals surface area (Å²) in [5.74, 6) is 5.63. The van der Waals surface area contributed by atoms with Gasteiger partial charge in [-0.3, -0.25) is 9.13 Å². The number of furan rings is 1. The Kier molecular flexibility index (Phi) is 19.6. The minimum atomic E-state index is -0.141. The fraction of sp³-hybridized carbons (Fsp3) is 0.0682. The molecule has 0 saturated carbocycles. The minimum Gasteiger partial charge on any atom is -0.455 e. The number of hydrogen-bond donors (Lipinski definition) is 0. The second-order valence-corrected chi connectivity index (χ2v) is 40.9. The number of rotatable bonds is 11. The van der Waals surface area contributed by atoms with Crippen molar-refractivity contribution >= 4 is 119 Å². The molecule has 0 amide bonds. The lowest BCUT2D eigenvalue weighted by Gasteiger charge is -2.21.